The van der Waals surface area contributed by atoms with Crippen molar-refractivity contribution in [2.24, 2.45) is 0 Å². The number of aromatic amines is 1. The lowest BCUT2D eigenvalue weighted by Gasteiger charge is -2.32. The van der Waals surface area contributed by atoms with Gasteiger partial charge in [0.2, 0.25) is 5.91 Å². The Bertz CT molecular complexity index is 890. The summed E-state index contributed by atoms with van der Waals surface area (Å²) in [5.41, 5.74) is 4.27. The second kappa shape index (κ2) is 7.03. The van der Waals surface area contributed by atoms with Gasteiger partial charge in [-0.15, -0.1) is 0 Å². The predicted octanol–water partition coefficient (Wildman–Crippen LogP) is 1.71. The number of nitrogens with zero attached hydrogens (tertiary/aromatic N) is 2. The highest BCUT2D eigenvalue weighted by Crippen LogP contribution is 2.24. The Morgan fingerprint density at radius 1 is 1.31 bits per heavy atom. The molecule has 1 amide bonds. The maximum absolute atomic E-state index is 12.8. The van der Waals surface area contributed by atoms with Crippen molar-refractivity contribution in [1.82, 2.24) is 14.9 Å². The molecule has 0 saturated carbocycles. The minimum absolute atomic E-state index is 0.0952. The quantitative estimate of drug-likeness (QED) is 0.911. The van der Waals surface area contributed by atoms with E-state index >= 15 is 0 Å². The minimum atomic E-state index is -0.353. The topological polar surface area (TPSA) is 75.3 Å². The number of aryl methyl sites for hydroxylation is 3. The van der Waals surface area contributed by atoms with Crippen LogP contribution in [0.25, 0.3) is 0 Å². The molecule has 1 aliphatic carbocycles. The number of morpholine rings is 1. The molecular weight excluding hydrogens is 330 g/mol. The lowest BCUT2D eigenvalue weighted by atomic mass is 10.0. The number of aromatic nitrogens is 2. The van der Waals surface area contributed by atoms with Crippen LogP contribution in [0, 0.1) is 6.92 Å². The van der Waals surface area contributed by atoms with Crippen molar-refractivity contribution in [3.63, 3.8) is 0 Å². The van der Waals surface area contributed by atoms with E-state index in [-0.39, 0.29) is 17.6 Å². The molecule has 0 radical (unpaired) electrons. The van der Waals surface area contributed by atoms with Crippen LogP contribution in [0.5, 0.6) is 0 Å². The van der Waals surface area contributed by atoms with Crippen molar-refractivity contribution in [1.29, 1.82) is 0 Å². The first-order valence-electron chi connectivity index (χ1n) is 9.16. The van der Waals surface area contributed by atoms with Gasteiger partial charge in [0, 0.05) is 12.6 Å². The lowest BCUT2D eigenvalue weighted by Crippen LogP contribution is -2.43. The molecule has 4 rings (SSSR count). The Balaban J connectivity index is 1.45. The molecule has 1 N–H and O–H groups in total. The molecule has 1 aromatic heterocycles. The predicted molar refractivity (Wildman–Crippen MR) is 97.0 cm³/mol. The zero-order chi connectivity index (χ0) is 18.1. The first kappa shape index (κ1) is 17.0. The molecule has 2 aliphatic rings. The molecule has 2 aromatic rings. The molecule has 136 valence electrons. The third kappa shape index (κ3) is 3.55. The van der Waals surface area contributed by atoms with Gasteiger partial charge in [0.1, 0.15) is 11.9 Å². The van der Waals surface area contributed by atoms with E-state index in [1.165, 1.54) is 23.6 Å². The number of carbonyl (C=O) groups excluding carboxylic acids is 1. The van der Waals surface area contributed by atoms with E-state index < -0.39 is 0 Å². The number of ether oxygens (including phenoxy) is 1. The Hall–Kier alpha value is -2.47. The van der Waals surface area contributed by atoms with Crippen LogP contribution >= 0.6 is 0 Å². The summed E-state index contributed by atoms with van der Waals surface area (Å²) in [6.07, 6.45) is 3.53. The van der Waals surface area contributed by atoms with Gasteiger partial charge in [-0.2, -0.15) is 0 Å². The Morgan fingerprint density at radius 3 is 3.00 bits per heavy atom. The van der Waals surface area contributed by atoms with Gasteiger partial charge in [-0.05, 0) is 42.9 Å². The van der Waals surface area contributed by atoms with Crippen LogP contribution < -0.4 is 5.56 Å². The van der Waals surface area contributed by atoms with Gasteiger partial charge in [0.25, 0.3) is 5.56 Å². The molecular formula is C20H23N3O3. The largest absolute Gasteiger partial charge is 0.368 e. The minimum Gasteiger partial charge on any atom is -0.368 e. The molecule has 26 heavy (non-hydrogen) atoms. The van der Waals surface area contributed by atoms with E-state index in [1.807, 2.05) is 4.90 Å². The normalized spacial score (nSPS) is 19.4. The Morgan fingerprint density at radius 2 is 2.15 bits per heavy atom. The van der Waals surface area contributed by atoms with Gasteiger partial charge in [-0.3, -0.25) is 9.59 Å². The molecule has 0 spiro atoms. The lowest BCUT2D eigenvalue weighted by molar-refractivity contribution is -0.138. The summed E-state index contributed by atoms with van der Waals surface area (Å²) in [5.74, 6) is 0.649. The van der Waals surface area contributed by atoms with E-state index in [1.54, 1.807) is 6.92 Å². The summed E-state index contributed by atoms with van der Waals surface area (Å²) < 4.78 is 5.76. The molecule has 1 unspecified atom stereocenters. The van der Waals surface area contributed by atoms with Gasteiger partial charge < -0.3 is 14.6 Å². The number of amides is 1. The second-order valence-corrected chi connectivity index (χ2v) is 7.09. The molecule has 1 fully saturated rings. The zero-order valence-corrected chi connectivity index (χ0v) is 15.0. The van der Waals surface area contributed by atoms with Crippen LogP contribution in [0.15, 0.2) is 29.1 Å². The zero-order valence-electron chi connectivity index (χ0n) is 15.0. The van der Waals surface area contributed by atoms with Gasteiger partial charge >= 0.3 is 0 Å². The summed E-state index contributed by atoms with van der Waals surface area (Å²) in [5, 5.41) is 0. The van der Waals surface area contributed by atoms with E-state index in [2.05, 4.69) is 28.2 Å². The first-order valence-corrected chi connectivity index (χ1v) is 9.16. The van der Waals surface area contributed by atoms with Crippen LogP contribution in [-0.4, -0.2) is 40.5 Å². The summed E-state index contributed by atoms with van der Waals surface area (Å²) in [4.78, 5) is 33.2. The fourth-order valence-electron chi connectivity index (χ4n) is 3.84. The van der Waals surface area contributed by atoms with Crippen LogP contribution in [0.1, 0.15) is 40.7 Å². The number of carbonyl (C=O) groups is 1. The summed E-state index contributed by atoms with van der Waals surface area (Å²) in [6, 6.07) is 7.86. The number of fused-ring (bicyclic) bond motifs is 1. The smallest absolute Gasteiger partial charge is 0.251 e. The van der Waals surface area contributed by atoms with Crippen LogP contribution in [0.2, 0.25) is 0 Å². The maximum Gasteiger partial charge on any atom is 0.251 e. The van der Waals surface area contributed by atoms with E-state index in [0.717, 1.165) is 18.4 Å². The van der Waals surface area contributed by atoms with Crippen molar-refractivity contribution in [3.05, 3.63) is 62.8 Å². The standard InChI is InChI=1S/C20H23N3O3/c1-13-21-17(11-19(24)22-13)18-12-23(7-8-26-18)20(25)10-14-5-6-15-3-2-4-16(15)9-14/h5-6,9,11,18H,2-4,7-8,10,12H2,1H3,(H,21,22,24). The fraction of sp³-hybridized carbons (Fsp3) is 0.450. The van der Waals surface area contributed by atoms with Crippen LogP contribution in [-0.2, 0) is 28.8 Å². The van der Waals surface area contributed by atoms with Gasteiger partial charge in [0.05, 0.1) is 25.3 Å². The van der Waals surface area contributed by atoms with E-state index in [0.29, 0.717) is 37.6 Å². The van der Waals surface area contributed by atoms with Crippen LogP contribution in [0.3, 0.4) is 0 Å². The third-order valence-corrected chi connectivity index (χ3v) is 5.15. The van der Waals surface area contributed by atoms with E-state index in [4.69, 9.17) is 4.74 Å². The highest BCUT2D eigenvalue weighted by atomic mass is 16.5. The highest BCUT2D eigenvalue weighted by molar-refractivity contribution is 5.79. The molecule has 1 saturated heterocycles. The van der Waals surface area contributed by atoms with Crippen molar-refractivity contribution in [2.75, 3.05) is 19.7 Å². The monoisotopic (exact) mass is 353 g/mol. The second-order valence-electron chi connectivity index (χ2n) is 7.09. The van der Waals surface area contributed by atoms with Gasteiger partial charge in [-0.25, -0.2) is 4.98 Å². The summed E-state index contributed by atoms with van der Waals surface area (Å²) >= 11 is 0. The Kier molecular flexibility index (Phi) is 4.59. The van der Waals surface area contributed by atoms with Crippen molar-refractivity contribution in [3.8, 4) is 0 Å². The summed E-state index contributed by atoms with van der Waals surface area (Å²) in [6.45, 7) is 3.20. The first-order chi connectivity index (χ1) is 12.6. The number of H-pyrrole nitrogens is 1. The Labute approximate surface area is 152 Å². The van der Waals surface area contributed by atoms with Gasteiger partial charge in [-0.1, -0.05) is 18.2 Å². The average molecular weight is 353 g/mol. The number of hydrogen-bond donors (Lipinski definition) is 1. The fourth-order valence-corrected chi connectivity index (χ4v) is 3.84. The van der Waals surface area contributed by atoms with Crippen molar-refractivity contribution >= 4 is 5.91 Å². The number of hydrogen-bond acceptors (Lipinski definition) is 4. The van der Waals surface area contributed by atoms with Crippen molar-refractivity contribution in [2.45, 2.75) is 38.7 Å². The maximum atomic E-state index is 12.8. The summed E-state index contributed by atoms with van der Waals surface area (Å²) in [7, 11) is 0. The third-order valence-electron chi connectivity index (χ3n) is 5.15. The number of rotatable bonds is 3. The molecule has 1 aliphatic heterocycles. The van der Waals surface area contributed by atoms with Crippen LogP contribution in [0.4, 0.5) is 0 Å². The number of nitrogens with one attached hydrogen (secondary N) is 1. The molecule has 1 aromatic carbocycles. The van der Waals surface area contributed by atoms with E-state index in [9.17, 15) is 9.59 Å². The van der Waals surface area contributed by atoms with Gasteiger partial charge in [0.15, 0.2) is 0 Å². The van der Waals surface area contributed by atoms with Crippen molar-refractivity contribution < 1.29 is 9.53 Å². The average Bonchev–Trinajstić information content (AvgIpc) is 3.09. The molecule has 6 nitrogen and oxygen atoms in total. The molecule has 0 bridgehead atoms. The number of benzene rings is 1. The highest BCUT2D eigenvalue weighted by Gasteiger charge is 2.27. The molecule has 1 atom stereocenters. The molecule has 6 heteroatoms. The SMILES string of the molecule is Cc1nc(C2CN(C(=O)Cc3ccc4c(c3)CCC4)CCO2)cc(=O)[nH]1. The molecule has 2 heterocycles.